The minimum atomic E-state index is -4.55. The third-order valence-electron chi connectivity index (χ3n) is 6.76. The first-order valence-electron chi connectivity index (χ1n) is 12.6. The maximum absolute atomic E-state index is 13.9. The Labute approximate surface area is 229 Å². The Kier molecular flexibility index (Phi) is 7.73. The number of nitrogens with one attached hydrogen (secondary N) is 2. The van der Waals surface area contributed by atoms with Crippen molar-refractivity contribution in [2.45, 2.75) is 12.7 Å². The summed E-state index contributed by atoms with van der Waals surface area (Å²) >= 11 is 0. The molecular weight excluding hydrogens is 521 g/mol. The smallest absolute Gasteiger partial charge is 0.416 e. The van der Waals surface area contributed by atoms with Crippen LogP contribution in [0.15, 0.2) is 54.9 Å². The lowest BCUT2D eigenvalue weighted by atomic mass is 10.0. The number of alkyl halides is 3. The van der Waals surface area contributed by atoms with Crippen LogP contribution in [-0.4, -0.2) is 71.2 Å². The van der Waals surface area contributed by atoms with Crippen LogP contribution in [0.3, 0.4) is 0 Å². The molecule has 5 rings (SSSR count). The Morgan fingerprint density at radius 2 is 1.88 bits per heavy atom. The van der Waals surface area contributed by atoms with Gasteiger partial charge in [-0.15, -0.1) is 0 Å². The van der Waals surface area contributed by atoms with Gasteiger partial charge in [-0.3, -0.25) is 19.8 Å². The maximum Gasteiger partial charge on any atom is 0.416 e. The van der Waals surface area contributed by atoms with E-state index in [1.54, 1.807) is 13.2 Å². The number of pyridine rings is 1. The number of aromatic amines is 1. The highest BCUT2D eigenvalue weighted by atomic mass is 19.4. The third-order valence-corrected chi connectivity index (χ3v) is 6.76. The molecule has 0 saturated carbocycles. The quantitative estimate of drug-likeness (QED) is 0.360. The second kappa shape index (κ2) is 11.4. The number of fused-ring (bicyclic) bond motifs is 1. The largest absolute Gasteiger partial charge is 0.497 e. The summed E-state index contributed by atoms with van der Waals surface area (Å²) in [6.45, 7) is 3.20. The van der Waals surface area contributed by atoms with Crippen LogP contribution >= 0.6 is 0 Å². The van der Waals surface area contributed by atoms with Crippen molar-refractivity contribution in [3.63, 3.8) is 0 Å². The van der Waals surface area contributed by atoms with Gasteiger partial charge in [0.05, 0.1) is 23.8 Å². The Morgan fingerprint density at radius 3 is 2.62 bits per heavy atom. The molecule has 2 aromatic carbocycles. The highest BCUT2D eigenvalue weighted by molar-refractivity contribution is 6.04. The number of anilines is 1. The number of methoxy groups -OCH3 is 1. The van der Waals surface area contributed by atoms with E-state index in [1.165, 1.54) is 30.6 Å². The zero-order valence-electron chi connectivity index (χ0n) is 22.0. The van der Waals surface area contributed by atoms with Crippen molar-refractivity contribution in [3.05, 3.63) is 82.8 Å². The Bertz CT molecular complexity index is 1600. The number of piperazine rings is 1. The van der Waals surface area contributed by atoms with E-state index in [1.807, 2.05) is 24.1 Å². The van der Waals surface area contributed by atoms with Crippen molar-refractivity contribution in [3.8, 4) is 17.6 Å². The number of benzene rings is 2. The van der Waals surface area contributed by atoms with Crippen molar-refractivity contribution in [1.82, 2.24) is 25.0 Å². The van der Waals surface area contributed by atoms with Gasteiger partial charge in [-0.25, -0.2) is 0 Å². The molecule has 4 aromatic rings. The first-order valence-corrected chi connectivity index (χ1v) is 12.6. The molecular formula is C29H27F3N6O2. The van der Waals surface area contributed by atoms with E-state index < -0.39 is 17.6 Å². The highest BCUT2D eigenvalue weighted by Gasteiger charge is 2.34. The molecule has 206 valence electrons. The van der Waals surface area contributed by atoms with Gasteiger partial charge < -0.3 is 15.0 Å². The number of hydrogen-bond acceptors (Lipinski definition) is 6. The number of aromatic nitrogens is 3. The summed E-state index contributed by atoms with van der Waals surface area (Å²) in [6.07, 6.45) is -1.72. The van der Waals surface area contributed by atoms with E-state index in [-0.39, 0.29) is 23.4 Å². The summed E-state index contributed by atoms with van der Waals surface area (Å²) in [6, 6.07) is 10.9. The van der Waals surface area contributed by atoms with Crippen LogP contribution in [-0.2, 0) is 12.7 Å². The molecule has 1 aliphatic rings. The van der Waals surface area contributed by atoms with E-state index in [0.717, 1.165) is 30.1 Å². The summed E-state index contributed by atoms with van der Waals surface area (Å²) in [5, 5.41) is 10.4. The Hall–Kier alpha value is -4.40. The van der Waals surface area contributed by atoms with Gasteiger partial charge in [0.25, 0.3) is 5.91 Å². The van der Waals surface area contributed by atoms with Crippen molar-refractivity contribution < 1.29 is 22.7 Å². The van der Waals surface area contributed by atoms with Gasteiger partial charge in [-0.2, -0.15) is 18.3 Å². The molecule has 1 saturated heterocycles. The van der Waals surface area contributed by atoms with Gasteiger partial charge in [-0.1, -0.05) is 12.0 Å². The molecule has 40 heavy (non-hydrogen) atoms. The molecule has 2 aromatic heterocycles. The van der Waals surface area contributed by atoms with Crippen LogP contribution in [0.1, 0.15) is 32.7 Å². The van der Waals surface area contributed by atoms with E-state index in [4.69, 9.17) is 4.74 Å². The number of amides is 1. The Balaban J connectivity index is 1.33. The molecule has 1 amide bonds. The minimum absolute atomic E-state index is 0.0498. The normalized spacial score (nSPS) is 14.5. The third kappa shape index (κ3) is 6.25. The van der Waals surface area contributed by atoms with Gasteiger partial charge in [0.15, 0.2) is 0 Å². The number of halogens is 3. The zero-order valence-corrected chi connectivity index (χ0v) is 22.0. The second-order valence-corrected chi connectivity index (χ2v) is 9.60. The highest BCUT2D eigenvalue weighted by Crippen LogP contribution is 2.34. The molecule has 0 aliphatic carbocycles. The number of rotatable bonds is 5. The topological polar surface area (TPSA) is 86.4 Å². The van der Waals surface area contributed by atoms with Crippen LogP contribution in [0.25, 0.3) is 10.9 Å². The van der Waals surface area contributed by atoms with Crippen molar-refractivity contribution in [2.24, 2.45) is 0 Å². The van der Waals surface area contributed by atoms with Crippen LogP contribution in [0.4, 0.5) is 18.9 Å². The standard InChI is InChI=1S/C29H27F3N6O2/c1-37-9-11-38(12-10-37)18-20-4-5-22(14-25(20)29(30,31)32)34-28(39)21-13-19(16-33-17-21)3-7-26-24-15-23(40-2)6-8-27(24)36-35-26/h4-6,8,13-17H,9-12,18H2,1-2H3,(H,34,39)(H,35,36). The second-order valence-electron chi connectivity index (χ2n) is 9.60. The van der Waals surface area contributed by atoms with Crippen molar-refractivity contribution in [2.75, 3.05) is 45.7 Å². The summed E-state index contributed by atoms with van der Waals surface area (Å²) in [5.41, 5.74) is 1.39. The number of carbonyl (C=O) groups excluding carboxylic acids is 1. The Morgan fingerprint density at radius 1 is 1.07 bits per heavy atom. The molecule has 0 radical (unpaired) electrons. The van der Waals surface area contributed by atoms with Crippen LogP contribution < -0.4 is 10.1 Å². The van der Waals surface area contributed by atoms with E-state index in [0.29, 0.717) is 30.1 Å². The van der Waals surface area contributed by atoms with E-state index in [2.05, 4.69) is 37.2 Å². The first-order chi connectivity index (χ1) is 19.2. The number of likely N-dealkylation sites (N-methyl/N-ethyl adjacent to an activating group) is 1. The minimum Gasteiger partial charge on any atom is -0.497 e. The molecule has 0 spiro atoms. The zero-order chi connectivity index (χ0) is 28.3. The lowest BCUT2D eigenvalue weighted by Gasteiger charge is -2.33. The van der Waals surface area contributed by atoms with Gasteiger partial charge in [0.2, 0.25) is 0 Å². The molecule has 8 nitrogen and oxygen atoms in total. The van der Waals surface area contributed by atoms with E-state index >= 15 is 0 Å². The van der Waals surface area contributed by atoms with Crippen LogP contribution in [0.5, 0.6) is 5.75 Å². The van der Waals surface area contributed by atoms with Gasteiger partial charge in [0.1, 0.15) is 11.4 Å². The maximum atomic E-state index is 13.9. The number of hydrogen-bond donors (Lipinski definition) is 2. The molecule has 3 heterocycles. The van der Waals surface area contributed by atoms with Gasteiger partial charge >= 0.3 is 6.18 Å². The number of nitrogens with zero attached hydrogens (tertiary/aromatic N) is 4. The number of H-pyrrole nitrogens is 1. The molecule has 1 aliphatic heterocycles. The summed E-state index contributed by atoms with van der Waals surface area (Å²) in [7, 11) is 3.56. The SMILES string of the molecule is COc1ccc2n[nH]c(C#Cc3cncc(C(=O)Nc4ccc(CN5CCN(C)CC5)c(C(F)(F)F)c4)c3)c2c1. The molecule has 1 fully saturated rings. The number of carbonyl (C=O) groups is 1. The van der Waals surface area contributed by atoms with Crippen LogP contribution in [0.2, 0.25) is 0 Å². The summed E-state index contributed by atoms with van der Waals surface area (Å²) < 4.78 is 47.0. The lowest BCUT2D eigenvalue weighted by molar-refractivity contribution is -0.138. The fourth-order valence-corrected chi connectivity index (χ4v) is 4.48. The van der Waals surface area contributed by atoms with E-state index in [9.17, 15) is 18.0 Å². The summed E-state index contributed by atoms with van der Waals surface area (Å²) in [4.78, 5) is 21.1. The van der Waals surface area contributed by atoms with Crippen molar-refractivity contribution in [1.29, 1.82) is 0 Å². The van der Waals surface area contributed by atoms with Crippen molar-refractivity contribution >= 4 is 22.5 Å². The monoisotopic (exact) mass is 548 g/mol. The van der Waals surface area contributed by atoms with Gasteiger partial charge in [0, 0.05) is 61.8 Å². The predicted molar refractivity (Wildman–Crippen MR) is 145 cm³/mol. The molecule has 11 heteroatoms. The average molecular weight is 549 g/mol. The molecule has 2 N–H and O–H groups in total. The molecule has 0 atom stereocenters. The fourth-order valence-electron chi connectivity index (χ4n) is 4.48. The fraction of sp³-hybridized carbons (Fsp3) is 0.276. The first kappa shape index (κ1) is 27.2. The van der Waals surface area contributed by atoms with Gasteiger partial charge in [-0.05, 0) is 54.9 Å². The molecule has 0 unspecified atom stereocenters. The number of ether oxygens (including phenoxy) is 1. The predicted octanol–water partition coefficient (Wildman–Crippen LogP) is 4.38. The average Bonchev–Trinajstić information content (AvgIpc) is 3.35. The lowest BCUT2D eigenvalue weighted by Crippen LogP contribution is -2.44. The molecule has 0 bridgehead atoms. The van der Waals surface area contributed by atoms with Crippen LogP contribution in [0, 0.1) is 11.8 Å². The summed E-state index contributed by atoms with van der Waals surface area (Å²) in [5.74, 6) is 6.02.